The molecule has 0 aromatic rings. The molecule has 5 N–H and O–H groups in total. The molecule has 120 valence electrons. The highest BCUT2D eigenvalue weighted by Gasteiger charge is 2.32. The van der Waals surface area contributed by atoms with Gasteiger partial charge in [0, 0.05) is 12.1 Å². The molecule has 2 aliphatic rings. The maximum atomic E-state index is 12.1. The fourth-order valence-corrected chi connectivity index (χ4v) is 3.54. The van der Waals surface area contributed by atoms with E-state index in [2.05, 4.69) is 10.6 Å². The number of nitrogens with two attached hydrogens (primary N) is 1. The van der Waals surface area contributed by atoms with Gasteiger partial charge in [-0.15, -0.1) is 0 Å². The van der Waals surface area contributed by atoms with Gasteiger partial charge in [-0.1, -0.05) is 32.1 Å². The molecule has 0 heterocycles. The molecular weight excluding hydrogens is 270 g/mol. The van der Waals surface area contributed by atoms with E-state index in [0.29, 0.717) is 0 Å². The number of amides is 2. The third-order valence-electron chi connectivity index (χ3n) is 4.81. The Kier molecular flexibility index (Phi) is 5.85. The van der Waals surface area contributed by atoms with Gasteiger partial charge in [0.15, 0.2) is 0 Å². The van der Waals surface area contributed by atoms with Gasteiger partial charge in [-0.2, -0.15) is 0 Å². The van der Waals surface area contributed by atoms with E-state index in [0.717, 1.165) is 57.8 Å². The van der Waals surface area contributed by atoms with E-state index in [9.17, 15) is 14.7 Å². The van der Waals surface area contributed by atoms with Crippen LogP contribution in [0.1, 0.15) is 57.8 Å². The minimum atomic E-state index is -0.940. The Hall–Kier alpha value is -1.30. The maximum absolute atomic E-state index is 12.1. The summed E-state index contributed by atoms with van der Waals surface area (Å²) in [6.07, 6.45) is 8.94. The topological polar surface area (TPSA) is 104 Å². The lowest BCUT2D eigenvalue weighted by Crippen LogP contribution is -2.56. The number of nitrogens with one attached hydrogen (secondary N) is 2. The van der Waals surface area contributed by atoms with Crippen LogP contribution in [0.4, 0.5) is 4.79 Å². The number of carboxylic acids is 1. The minimum Gasteiger partial charge on any atom is -0.480 e. The van der Waals surface area contributed by atoms with Gasteiger partial charge in [0.1, 0.15) is 6.04 Å². The quantitative estimate of drug-likeness (QED) is 0.632. The Labute approximate surface area is 125 Å². The summed E-state index contributed by atoms with van der Waals surface area (Å²) in [5.41, 5.74) is 6.00. The molecule has 2 aliphatic carbocycles. The molecule has 0 saturated heterocycles. The number of hydrogen-bond donors (Lipinski definition) is 4. The van der Waals surface area contributed by atoms with Crippen LogP contribution in [0.2, 0.25) is 0 Å². The molecule has 6 heteroatoms. The lowest BCUT2D eigenvalue weighted by Gasteiger charge is -2.31. The molecular formula is C15H27N3O3. The van der Waals surface area contributed by atoms with Crippen molar-refractivity contribution < 1.29 is 14.7 Å². The largest absolute Gasteiger partial charge is 0.480 e. The molecule has 0 spiro atoms. The fourth-order valence-electron chi connectivity index (χ4n) is 3.54. The first-order valence-corrected chi connectivity index (χ1v) is 8.13. The molecule has 0 aliphatic heterocycles. The van der Waals surface area contributed by atoms with Crippen LogP contribution in [0.25, 0.3) is 0 Å². The van der Waals surface area contributed by atoms with Crippen molar-refractivity contribution in [3.8, 4) is 0 Å². The number of rotatable bonds is 4. The second-order valence-corrected chi connectivity index (χ2v) is 6.39. The van der Waals surface area contributed by atoms with Crippen LogP contribution in [-0.2, 0) is 4.79 Å². The highest BCUT2D eigenvalue weighted by molar-refractivity contribution is 5.83. The lowest BCUT2D eigenvalue weighted by atomic mass is 9.84. The second-order valence-electron chi connectivity index (χ2n) is 6.39. The predicted octanol–water partition coefficient (Wildman–Crippen LogP) is 1.59. The monoisotopic (exact) mass is 297 g/mol. The van der Waals surface area contributed by atoms with Crippen LogP contribution in [0.3, 0.4) is 0 Å². The van der Waals surface area contributed by atoms with Crippen molar-refractivity contribution in [1.29, 1.82) is 0 Å². The molecule has 2 rings (SSSR count). The molecule has 0 bridgehead atoms. The van der Waals surface area contributed by atoms with Gasteiger partial charge in [0.2, 0.25) is 0 Å². The van der Waals surface area contributed by atoms with Gasteiger partial charge in [-0.25, -0.2) is 9.59 Å². The van der Waals surface area contributed by atoms with Gasteiger partial charge in [-0.05, 0) is 31.6 Å². The SMILES string of the molecule is NC1CCCCC1NC(=O)NC(C(=O)O)C1CCCCC1. The van der Waals surface area contributed by atoms with Gasteiger partial charge >= 0.3 is 12.0 Å². The van der Waals surface area contributed by atoms with Gasteiger partial charge < -0.3 is 21.5 Å². The maximum Gasteiger partial charge on any atom is 0.326 e. The van der Waals surface area contributed by atoms with Crippen LogP contribution in [-0.4, -0.2) is 35.2 Å². The molecule has 0 radical (unpaired) electrons. The number of carbonyl (C=O) groups excluding carboxylic acids is 1. The Balaban J connectivity index is 1.87. The predicted molar refractivity (Wildman–Crippen MR) is 79.9 cm³/mol. The van der Waals surface area contributed by atoms with Crippen LogP contribution in [0.5, 0.6) is 0 Å². The molecule has 3 unspecified atom stereocenters. The van der Waals surface area contributed by atoms with Crippen molar-refractivity contribution in [3.05, 3.63) is 0 Å². The van der Waals surface area contributed by atoms with Crippen molar-refractivity contribution in [2.45, 2.75) is 75.9 Å². The van der Waals surface area contributed by atoms with Crippen molar-refractivity contribution in [1.82, 2.24) is 10.6 Å². The third kappa shape index (κ3) is 4.59. The molecule has 0 aromatic carbocycles. The summed E-state index contributed by atoms with van der Waals surface area (Å²) in [6.45, 7) is 0. The Bertz CT molecular complexity index is 369. The van der Waals surface area contributed by atoms with Crippen molar-refractivity contribution in [2.24, 2.45) is 11.7 Å². The lowest BCUT2D eigenvalue weighted by molar-refractivity contribution is -0.141. The first-order chi connectivity index (χ1) is 10.1. The highest BCUT2D eigenvalue weighted by atomic mass is 16.4. The minimum absolute atomic E-state index is 0.0255. The van der Waals surface area contributed by atoms with E-state index in [4.69, 9.17) is 5.73 Å². The van der Waals surface area contributed by atoms with Gasteiger partial charge in [-0.3, -0.25) is 0 Å². The van der Waals surface area contributed by atoms with E-state index in [1.54, 1.807) is 0 Å². The Morgan fingerprint density at radius 2 is 1.62 bits per heavy atom. The van der Waals surface area contributed by atoms with E-state index in [1.807, 2.05) is 0 Å². The molecule has 2 fully saturated rings. The summed E-state index contributed by atoms with van der Waals surface area (Å²) in [6, 6.07) is -1.25. The molecule has 2 amide bonds. The Morgan fingerprint density at radius 3 is 2.24 bits per heavy atom. The fraction of sp³-hybridized carbons (Fsp3) is 0.867. The number of aliphatic carboxylic acids is 1. The summed E-state index contributed by atoms with van der Waals surface area (Å²) < 4.78 is 0. The van der Waals surface area contributed by atoms with E-state index >= 15 is 0 Å². The summed E-state index contributed by atoms with van der Waals surface area (Å²) in [7, 11) is 0. The third-order valence-corrected chi connectivity index (χ3v) is 4.81. The summed E-state index contributed by atoms with van der Waals surface area (Å²) >= 11 is 0. The van der Waals surface area contributed by atoms with Crippen molar-refractivity contribution in [3.63, 3.8) is 0 Å². The first kappa shape index (κ1) is 16.1. The molecule has 2 saturated carbocycles. The van der Waals surface area contributed by atoms with Crippen molar-refractivity contribution >= 4 is 12.0 Å². The average Bonchev–Trinajstić information content (AvgIpc) is 2.48. The Morgan fingerprint density at radius 1 is 1.00 bits per heavy atom. The van der Waals surface area contributed by atoms with E-state index < -0.39 is 18.0 Å². The van der Waals surface area contributed by atoms with E-state index in [1.165, 1.54) is 0 Å². The van der Waals surface area contributed by atoms with Crippen LogP contribution >= 0.6 is 0 Å². The van der Waals surface area contributed by atoms with Crippen molar-refractivity contribution in [2.75, 3.05) is 0 Å². The van der Waals surface area contributed by atoms with Gasteiger partial charge in [0.25, 0.3) is 0 Å². The molecule has 0 aromatic heterocycles. The summed E-state index contributed by atoms with van der Waals surface area (Å²) in [5.74, 6) is -0.896. The molecule has 21 heavy (non-hydrogen) atoms. The zero-order chi connectivity index (χ0) is 15.2. The average molecular weight is 297 g/mol. The summed E-state index contributed by atoms with van der Waals surface area (Å²) in [4.78, 5) is 23.5. The smallest absolute Gasteiger partial charge is 0.326 e. The molecule has 3 atom stereocenters. The number of urea groups is 1. The standard InChI is InChI=1S/C15H27N3O3/c16-11-8-4-5-9-12(11)17-15(21)18-13(14(19)20)10-6-2-1-3-7-10/h10-13H,1-9,16H2,(H,19,20)(H2,17,18,21). The molecule has 6 nitrogen and oxygen atoms in total. The van der Waals surface area contributed by atoms with E-state index in [-0.39, 0.29) is 18.0 Å². The summed E-state index contributed by atoms with van der Waals surface area (Å²) in [5, 5.41) is 14.9. The second kappa shape index (κ2) is 7.64. The normalized spacial score (nSPS) is 28.6. The van der Waals surface area contributed by atoms with Crippen LogP contribution in [0, 0.1) is 5.92 Å². The zero-order valence-electron chi connectivity index (χ0n) is 12.5. The number of carbonyl (C=O) groups is 2. The van der Waals surface area contributed by atoms with Gasteiger partial charge in [0.05, 0.1) is 0 Å². The number of carboxylic acid groups (broad SMARTS) is 1. The highest BCUT2D eigenvalue weighted by Crippen LogP contribution is 2.26. The van der Waals surface area contributed by atoms with Crippen LogP contribution < -0.4 is 16.4 Å². The zero-order valence-corrected chi connectivity index (χ0v) is 12.5. The van der Waals surface area contributed by atoms with Crippen LogP contribution in [0.15, 0.2) is 0 Å². The first-order valence-electron chi connectivity index (χ1n) is 8.13. The number of hydrogen-bond acceptors (Lipinski definition) is 3.